The average molecular weight is 474 g/mol. The molecule has 1 aliphatic rings. The molecule has 0 fully saturated rings. The second kappa shape index (κ2) is 10.8. The lowest BCUT2D eigenvalue weighted by Gasteiger charge is -2.19. The van der Waals surface area contributed by atoms with Gasteiger partial charge in [-0.05, 0) is 40.3 Å². The molecule has 0 spiro atoms. The van der Waals surface area contributed by atoms with E-state index in [1.54, 1.807) is 6.07 Å². The first-order chi connectivity index (χ1) is 17.0. The van der Waals surface area contributed by atoms with E-state index in [1.807, 2.05) is 43.3 Å². The number of ether oxygens (including phenoxy) is 1. The number of rotatable bonds is 9. The van der Waals surface area contributed by atoms with Crippen LogP contribution in [0.15, 0.2) is 66.9 Å². The Balaban J connectivity index is 1.34. The topological polar surface area (TPSA) is 118 Å². The largest absolute Gasteiger partial charge is 0.477 e. The highest BCUT2D eigenvalue weighted by molar-refractivity contribution is 5.86. The van der Waals surface area contributed by atoms with Crippen molar-refractivity contribution in [1.82, 2.24) is 15.6 Å². The number of carboxylic acid groups (broad SMARTS) is 1. The molecule has 0 bridgehead atoms. The van der Waals surface area contributed by atoms with Gasteiger partial charge in [0.05, 0.1) is 0 Å². The molecule has 35 heavy (non-hydrogen) atoms. The summed E-state index contributed by atoms with van der Waals surface area (Å²) in [6, 6.07) is 18.4. The van der Waals surface area contributed by atoms with Crippen molar-refractivity contribution in [3.63, 3.8) is 0 Å². The number of aromatic nitrogens is 1. The lowest BCUT2D eigenvalue weighted by molar-refractivity contribution is -0.123. The Hall–Kier alpha value is -4.20. The summed E-state index contributed by atoms with van der Waals surface area (Å²) in [5.74, 6) is -1.52. The summed E-state index contributed by atoms with van der Waals surface area (Å²) in [5.41, 5.74) is 5.11. The molecule has 0 unspecified atom stereocenters. The Labute approximate surface area is 203 Å². The van der Waals surface area contributed by atoms with Gasteiger partial charge in [0.2, 0.25) is 5.91 Å². The molecule has 1 aliphatic carbocycles. The lowest BCUT2D eigenvalue weighted by atomic mass is 9.98. The minimum absolute atomic E-state index is 0.0622. The van der Waals surface area contributed by atoms with Gasteiger partial charge in [-0.25, -0.2) is 14.6 Å². The Kier molecular flexibility index (Phi) is 7.40. The van der Waals surface area contributed by atoms with Crippen LogP contribution in [0.25, 0.3) is 11.1 Å². The third-order valence-electron chi connectivity index (χ3n) is 6.04. The first-order valence-electron chi connectivity index (χ1n) is 11.6. The molecule has 1 aromatic heterocycles. The van der Waals surface area contributed by atoms with Crippen molar-refractivity contribution in [2.45, 2.75) is 38.3 Å². The van der Waals surface area contributed by atoms with Crippen molar-refractivity contribution < 1.29 is 24.2 Å². The minimum Gasteiger partial charge on any atom is -0.477 e. The van der Waals surface area contributed by atoms with Gasteiger partial charge in [0.25, 0.3) is 0 Å². The van der Waals surface area contributed by atoms with E-state index in [0.717, 1.165) is 22.3 Å². The van der Waals surface area contributed by atoms with E-state index in [9.17, 15) is 14.4 Å². The van der Waals surface area contributed by atoms with Crippen LogP contribution in [-0.4, -0.2) is 40.7 Å². The average Bonchev–Trinajstić information content (AvgIpc) is 3.19. The molecular formula is C27H27N3O5. The molecular weight excluding hydrogens is 446 g/mol. The summed E-state index contributed by atoms with van der Waals surface area (Å²) in [6.07, 6.45) is 1.90. The predicted octanol–water partition coefficient (Wildman–Crippen LogP) is 4.10. The Morgan fingerprint density at radius 2 is 1.66 bits per heavy atom. The number of pyridine rings is 1. The van der Waals surface area contributed by atoms with Gasteiger partial charge >= 0.3 is 12.1 Å². The monoisotopic (exact) mass is 473 g/mol. The number of carboxylic acids is 1. The zero-order chi connectivity index (χ0) is 24.8. The van der Waals surface area contributed by atoms with Crippen LogP contribution in [0.4, 0.5) is 4.79 Å². The van der Waals surface area contributed by atoms with Crippen LogP contribution < -0.4 is 10.6 Å². The first-order valence-corrected chi connectivity index (χ1v) is 11.6. The minimum atomic E-state index is -1.11. The molecule has 2 aromatic carbocycles. The molecule has 1 heterocycles. The number of carbonyl (C=O) groups excluding carboxylic acids is 2. The molecule has 8 nitrogen and oxygen atoms in total. The van der Waals surface area contributed by atoms with Gasteiger partial charge in [0.15, 0.2) is 0 Å². The highest BCUT2D eigenvalue weighted by Crippen LogP contribution is 2.44. The molecule has 4 rings (SSSR count). The van der Waals surface area contributed by atoms with Crippen LogP contribution in [0.3, 0.4) is 0 Å². The number of alkyl carbamates (subject to hydrolysis) is 1. The number of amides is 2. The summed E-state index contributed by atoms with van der Waals surface area (Å²) in [4.78, 5) is 40.1. The van der Waals surface area contributed by atoms with Crippen molar-refractivity contribution >= 4 is 18.0 Å². The molecule has 2 amide bonds. The zero-order valence-corrected chi connectivity index (χ0v) is 19.4. The molecule has 8 heteroatoms. The van der Waals surface area contributed by atoms with Gasteiger partial charge in [0, 0.05) is 18.7 Å². The van der Waals surface area contributed by atoms with Gasteiger partial charge in [-0.15, -0.1) is 0 Å². The third kappa shape index (κ3) is 5.48. The maximum atomic E-state index is 12.7. The van der Waals surface area contributed by atoms with E-state index >= 15 is 0 Å². The molecule has 0 saturated heterocycles. The second-order valence-electron chi connectivity index (χ2n) is 8.39. The predicted molar refractivity (Wildman–Crippen MR) is 130 cm³/mol. The number of hydrogen-bond acceptors (Lipinski definition) is 5. The Morgan fingerprint density at radius 3 is 2.23 bits per heavy atom. The van der Waals surface area contributed by atoms with Crippen LogP contribution in [0.1, 0.15) is 52.9 Å². The summed E-state index contributed by atoms with van der Waals surface area (Å²) < 4.78 is 5.57. The number of fused-ring (bicyclic) bond motifs is 3. The fourth-order valence-electron chi connectivity index (χ4n) is 4.31. The van der Waals surface area contributed by atoms with E-state index in [0.29, 0.717) is 18.4 Å². The standard InChI is InChI=1S/C27H27N3O5/c1-2-7-23(25(31)29-15-17-12-13-24(26(32)33)28-14-17)30-27(34)35-16-22-20-10-5-3-8-18(20)19-9-4-6-11-21(19)22/h3-6,8-14,22-23H,2,7,15-16H2,1H3,(H,29,31)(H,30,34)(H,32,33)/t23-/m0/s1. The smallest absolute Gasteiger partial charge is 0.407 e. The van der Waals surface area contributed by atoms with Crippen LogP contribution in [0.5, 0.6) is 0 Å². The Bertz CT molecular complexity index is 1180. The van der Waals surface area contributed by atoms with Crippen molar-refractivity contribution in [2.24, 2.45) is 0 Å². The number of hydrogen-bond donors (Lipinski definition) is 3. The van der Waals surface area contributed by atoms with E-state index in [2.05, 4.69) is 27.8 Å². The number of nitrogens with one attached hydrogen (secondary N) is 2. The van der Waals surface area contributed by atoms with Crippen molar-refractivity contribution in [2.75, 3.05) is 6.61 Å². The molecule has 3 N–H and O–H groups in total. The second-order valence-corrected chi connectivity index (χ2v) is 8.39. The van der Waals surface area contributed by atoms with Gasteiger partial charge in [-0.1, -0.05) is 67.9 Å². The normalized spacial score (nSPS) is 12.8. The van der Waals surface area contributed by atoms with Crippen molar-refractivity contribution in [1.29, 1.82) is 0 Å². The fourth-order valence-corrected chi connectivity index (χ4v) is 4.31. The molecule has 180 valence electrons. The summed E-state index contributed by atoms with van der Waals surface area (Å²) >= 11 is 0. The maximum Gasteiger partial charge on any atom is 0.407 e. The lowest BCUT2D eigenvalue weighted by Crippen LogP contribution is -2.46. The highest BCUT2D eigenvalue weighted by atomic mass is 16.5. The number of carbonyl (C=O) groups is 3. The van der Waals surface area contributed by atoms with Gasteiger partial charge in [0.1, 0.15) is 18.3 Å². The first kappa shape index (κ1) is 23.9. The van der Waals surface area contributed by atoms with Gasteiger partial charge in [-0.2, -0.15) is 0 Å². The summed E-state index contributed by atoms with van der Waals surface area (Å²) in [6.45, 7) is 2.26. The maximum absolute atomic E-state index is 12.7. The quantitative estimate of drug-likeness (QED) is 0.431. The van der Waals surface area contributed by atoms with Crippen LogP contribution in [0.2, 0.25) is 0 Å². The Morgan fingerprint density at radius 1 is 1.00 bits per heavy atom. The number of nitrogens with zero attached hydrogens (tertiary/aromatic N) is 1. The van der Waals surface area contributed by atoms with Crippen molar-refractivity contribution in [3.05, 3.63) is 89.2 Å². The molecule has 1 atom stereocenters. The summed E-state index contributed by atoms with van der Waals surface area (Å²) in [7, 11) is 0. The number of aromatic carboxylic acids is 1. The number of benzene rings is 2. The van der Waals surface area contributed by atoms with E-state index in [-0.39, 0.29) is 30.7 Å². The SMILES string of the molecule is CCC[C@H](NC(=O)OCC1c2ccccc2-c2ccccc21)C(=O)NCc1ccc(C(=O)O)nc1. The highest BCUT2D eigenvalue weighted by Gasteiger charge is 2.29. The van der Waals surface area contributed by atoms with Gasteiger partial charge < -0.3 is 20.5 Å². The van der Waals surface area contributed by atoms with E-state index in [4.69, 9.17) is 9.84 Å². The van der Waals surface area contributed by atoms with Crippen LogP contribution in [-0.2, 0) is 16.1 Å². The van der Waals surface area contributed by atoms with Crippen molar-refractivity contribution in [3.8, 4) is 11.1 Å². The van der Waals surface area contributed by atoms with E-state index < -0.39 is 18.1 Å². The van der Waals surface area contributed by atoms with E-state index in [1.165, 1.54) is 12.3 Å². The van der Waals surface area contributed by atoms with Gasteiger partial charge in [-0.3, -0.25) is 4.79 Å². The molecule has 0 radical (unpaired) electrons. The zero-order valence-electron chi connectivity index (χ0n) is 19.4. The molecule has 0 aliphatic heterocycles. The molecule has 3 aromatic rings. The van der Waals surface area contributed by atoms with Crippen LogP contribution >= 0.6 is 0 Å². The fraction of sp³-hybridized carbons (Fsp3) is 0.259. The summed E-state index contributed by atoms with van der Waals surface area (Å²) in [5, 5.41) is 14.4. The third-order valence-corrected chi connectivity index (χ3v) is 6.04. The van der Waals surface area contributed by atoms with Crippen LogP contribution in [0, 0.1) is 0 Å². The molecule has 0 saturated carbocycles.